The zero-order valence-electron chi connectivity index (χ0n) is 9.61. The maximum Gasteiger partial charge on any atom is 0.417 e. The molecule has 0 bridgehead atoms. The maximum atomic E-state index is 12.8. The van der Waals surface area contributed by atoms with E-state index < -0.39 is 23.1 Å². The Labute approximate surface area is 106 Å². The Morgan fingerprint density at radius 1 is 1.11 bits per heavy atom. The smallest absolute Gasteiger partial charge is 0.397 e. The number of nitrogen functional groups attached to an aromatic ring is 1. The average Bonchev–Trinajstić information content (AvgIpc) is 2.37. The summed E-state index contributed by atoms with van der Waals surface area (Å²) in [5.41, 5.74) is 4.21. The van der Waals surface area contributed by atoms with E-state index >= 15 is 0 Å². The number of nitrogens with zero attached hydrogens (tertiary/aromatic N) is 1. The molecule has 0 aliphatic rings. The molecule has 0 fully saturated rings. The Bertz CT molecular complexity index is 623. The number of rotatable bonds is 2. The summed E-state index contributed by atoms with van der Waals surface area (Å²) in [4.78, 5) is 15.8. The lowest BCUT2D eigenvalue weighted by Crippen LogP contribution is -2.14. The van der Waals surface area contributed by atoms with Gasteiger partial charge in [0.05, 0.1) is 17.4 Å². The van der Waals surface area contributed by atoms with Crippen molar-refractivity contribution in [3.05, 3.63) is 59.4 Å². The van der Waals surface area contributed by atoms with Gasteiger partial charge in [-0.15, -0.1) is 0 Å². The molecular weight excluding hydrogens is 257 g/mol. The predicted octanol–water partition coefficient (Wildman–Crippen LogP) is 2.91. The first-order valence-corrected chi connectivity index (χ1v) is 5.31. The molecule has 19 heavy (non-hydrogen) atoms. The highest BCUT2D eigenvalue weighted by Crippen LogP contribution is 2.33. The minimum absolute atomic E-state index is 0.00620. The summed E-state index contributed by atoms with van der Waals surface area (Å²) in [5.74, 6) is -0.771. The summed E-state index contributed by atoms with van der Waals surface area (Å²) in [5, 5.41) is 0. The van der Waals surface area contributed by atoms with E-state index in [1.807, 2.05) is 0 Å². The maximum absolute atomic E-state index is 12.8. The Morgan fingerprint density at radius 3 is 2.42 bits per heavy atom. The van der Waals surface area contributed by atoms with Gasteiger partial charge in [-0.3, -0.25) is 9.78 Å². The number of pyridine rings is 1. The van der Waals surface area contributed by atoms with E-state index in [0.29, 0.717) is 0 Å². The molecule has 0 saturated carbocycles. The molecule has 0 aliphatic heterocycles. The van der Waals surface area contributed by atoms with Crippen LogP contribution in [0.3, 0.4) is 0 Å². The minimum Gasteiger partial charge on any atom is -0.397 e. The summed E-state index contributed by atoms with van der Waals surface area (Å²) in [7, 11) is 0. The van der Waals surface area contributed by atoms with Gasteiger partial charge in [0.15, 0.2) is 5.78 Å². The first-order chi connectivity index (χ1) is 8.91. The molecule has 98 valence electrons. The molecule has 3 nitrogen and oxygen atoms in total. The van der Waals surface area contributed by atoms with Crippen molar-refractivity contribution in [1.82, 2.24) is 4.98 Å². The van der Waals surface area contributed by atoms with Crippen LogP contribution >= 0.6 is 0 Å². The average molecular weight is 266 g/mol. The van der Waals surface area contributed by atoms with Gasteiger partial charge in [-0.05, 0) is 12.1 Å². The van der Waals surface area contributed by atoms with Crippen LogP contribution < -0.4 is 5.73 Å². The Hall–Kier alpha value is -2.37. The summed E-state index contributed by atoms with van der Waals surface area (Å²) in [6, 6.07) is 5.90. The van der Waals surface area contributed by atoms with Crippen LogP contribution in [0.1, 0.15) is 21.5 Å². The van der Waals surface area contributed by atoms with Gasteiger partial charge >= 0.3 is 6.18 Å². The second-order valence-electron chi connectivity index (χ2n) is 3.84. The molecule has 0 aliphatic carbocycles. The van der Waals surface area contributed by atoms with Crippen molar-refractivity contribution in [3.63, 3.8) is 0 Å². The van der Waals surface area contributed by atoms with Gasteiger partial charge in [-0.25, -0.2) is 0 Å². The van der Waals surface area contributed by atoms with Crippen LogP contribution in [0.2, 0.25) is 0 Å². The first kappa shape index (κ1) is 13.1. The Kier molecular flexibility index (Phi) is 3.25. The van der Waals surface area contributed by atoms with Crippen LogP contribution in [0.5, 0.6) is 0 Å². The molecule has 0 radical (unpaired) electrons. The van der Waals surface area contributed by atoms with Crippen LogP contribution in [0.25, 0.3) is 0 Å². The fourth-order valence-electron chi connectivity index (χ4n) is 1.69. The van der Waals surface area contributed by atoms with Crippen LogP contribution in [-0.4, -0.2) is 10.8 Å². The van der Waals surface area contributed by atoms with Gasteiger partial charge in [0, 0.05) is 17.3 Å². The van der Waals surface area contributed by atoms with E-state index in [0.717, 1.165) is 12.1 Å². The van der Waals surface area contributed by atoms with E-state index in [2.05, 4.69) is 4.98 Å². The molecule has 2 N–H and O–H groups in total. The third-order valence-electron chi connectivity index (χ3n) is 2.57. The van der Waals surface area contributed by atoms with Gasteiger partial charge in [-0.1, -0.05) is 18.2 Å². The lowest BCUT2D eigenvalue weighted by Gasteiger charge is -2.12. The zero-order chi connectivity index (χ0) is 14.0. The number of alkyl halides is 3. The highest BCUT2D eigenvalue weighted by molar-refractivity contribution is 6.12. The fourth-order valence-corrected chi connectivity index (χ4v) is 1.69. The van der Waals surface area contributed by atoms with Crippen molar-refractivity contribution >= 4 is 11.5 Å². The molecule has 0 saturated heterocycles. The number of hydrogen-bond acceptors (Lipinski definition) is 3. The van der Waals surface area contributed by atoms with Gasteiger partial charge in [0.1, 0.15) is 0 Å². The van der Waals surface area contributed by atoms with E-state index in [4.69, 9.17) is 5.73 Å². The predicted molar refractivity (Wildman–Crippen MR) is 63.5 cm³/mol. The van der Waals surface area contributed by atoms with Crippen molar-refractivity contribution in [2.45, 2.75) is 6.18 Å². The number of nitrogens with two attached hydrogens (primary N) is 1. The highest BCUT2D eigenvalue weighted by atomic mass is 19.4. The molecule has 1 aromatic heterocycles. The fraction of sp³-hybridized carbons (Fsp3) is 0.0769. The van der Waals surface area contributed by atoms with Crippen molar-refractivity contribution in [2.24, 2.45) is 0 Å². The Balaban J connectivity index is 2.55. The first-order valence-electron chi connectivity index (χ1n) is 5.31. The van der Waals surface area contributed by atoms with E-state index in [9.17, 15) is 18.0 Å². The quantitative estimate of drug-likeness (QED) is 0.850. The molecule has 6 heteroatoms. The van der Waals surface area contributed by atoms with Gasteiger partial charge in [0.2, 0.25) is 0 Å². The molecule has 0 amide bonds. The van der Waals surface area contributed by atoms with Crippen LogP contribution in [-0.2, 0) is 6.18 Å². The monoisotopic (exact) mass is 266 g/mol. The van der Waals surface area contributed by atoms with Crippen molar-refractivity contribution < 1.29 is 18.0 Å². The highest BCUT2D eigenvalue weighted by Gasteiger charge is 2.35. The standard InChI is InChI=1S/C13H9F3N2O/c14-13(15,16)10-4-2-1-3-8(10)12(19)9-5-6-18-7-11(9)17/h1-7H,17H2. The minimum atomic E-state index is -4.59. The lowest BCUT2D eigenvalue weighted by molar-refractivity contribution is -0.137. The van der Waals surface area contributed by atoms with Crippen LogP contribution in [0, 0.1) is 0 Å². The van der Waals surface area contributed by atoms with Gasteiger partial charge < -0.3 is 5.73 Å². The second kappa shape index (κ2) is 4.72. The molecule has 1 heterocycles. The van der Waals surface area contributed by atoms with Crippen LogP contribution in [0.4, 0.5) is 18.9 Å². The molecule has 0 spiro atoms. The van der Waals surface area contributed by atoms with Gasteiger partial charge in [0.25, 0.3) is 0 Å². The van der Waals surface area contributed by atoms with E-state index in [-0.39, 0.29) is 11.3 Å². The SMILES string of the molecule is Nc1cnccc1C(=O)c1ccccc1C(F)(F)F. The number of aromatic nitrogens is 1. The molecule has 1 aromatic carbocycles. The number of carbonyl (C=O) groups is 1. The molecule has 0 unspecified atom stereocenters. The number of benzene rings is 1. The largest absolute Gasteiger partial charge is 0.417 e. The van der Waals surface area contributed by atoms with Crippen molar-refractivity contribution in [2.75, 3.05) is 5.73 Å². The number of ketones is 1. The number of carbonyl (C=O) groups excluding carboxylic acids is 1. The van der Waals surface area contributed by atoms with Crippen molar-refractivity contribution in [1.29, 1.82) is 0 Å². The Morgan fingerprint density at radius 2 is 1.79 bits per heavy atom. The van der Waals surface area contributed by atoms with Crippen molar-refractivity contribution in [3.8, 4) is 0 Å². The lowest BCUT2D eigenvalue weighted by atomic mass is 9.98. The third-order valence-corrected chi connectivity index (χ3v) is 2.57. The molecule has 0 atom stereocenters. The van der Waals surface area contributed by atoms with Crippen LogP contribution in [0.15, 0.2) is 42.7 Å². The normalized spacial score (nSPS) is 11.3. The second-order valence-corrected chi connectivity index (χ2v) is 3.84. The van der Waals surface area contributed by atoms with E-state index in [1.54, 1.807) is 0 Å². The molecular formula is C13H9F3N2O. The third kappa shape index (κ3) is 2.57. The summed E-state index contributed by atoms with van der Waals surface area (Å²) in [6.07, 6.45) is -2.06. The number of halogens is 3. The summed E-state index contributed by atoms with van der Waals surface area (Å²) < 4.78 is 38.5. The zero-order valence-corrected chi connectivity index (χ0v) is 9.61. The molecule has 2 rings (SSSR count). The van der Waals surface area contributed by atoms with Gasteiger partial charge in [-0.2, -0.15) is 13.2 Å². The summed E-state index contributed by atoms with van der Waals surface area (Å²) >= 11 is 0. The van der Waals surface area contributed by atoms with E-state index in [1.165, 1.54) is 30.6 Å². The number of hydrogen-bond donors (Lipinski definition) is 1. The molecule has 2 aromatic rings. The summed E-state index contributed by atoms with van der Waals surface area (Å²) in [6.45, 7) is 0. The number of anilines is 1. The topological polar surface area (TPSA) is 56.0 Å².